The molecule has 0 atom stereocenters. The number of hydrogen-bond acceptors (Lipinski definition) is 4. The van der Waals surface area contributed by atoms with E-state index < -0.39 is 18.8 Å². The maximum absolute atomic E-state index is 11.9. The van der Waals surface area contributed by atoms with Crippen LogP contribution in [0.15, 0.2) is 29.2 Å². The molecule has 0 bridgehead atoms. The first-order chi connectivity index (χ1) is 10.1. The van der Waals surface area contributed by atoms with E-state index in [0.717, 1.165) is 0 Å². The van der Waals surface area contributed by atoms with Gasteiger partial charge in [-0.1, -0.05) is 40.9 Å². The van der Waals surface area contributed by atoms with Crippen LogP contribution in [0.4, 0.5) is 5.69 Å². The lowest BCUT2D eigenvalue weighted by Crippen LogP contribution is -2.51. The average Bonchev–Trinajstić information content (AvgIpc) is 2.45. The van der Waals surface area contributed by atoms with Crippen LogP contribution in [0.5, 0.6) is 0 Å². The van der Waals surface area contributed by atoms with Crippen LogP contribution in [0, 0.1) is 0 Å². The second kappa shape index (κ2) is 6.61. The van der Waals surface area contributed by atoms with Gasteiger partial charge in [0.25, 0.3) is 18.8 Å². The smallest absolute Gasteiger partial charge is 0.274 e. The van der Waals surface area contributed by atoms with E-state index in [4.69, 9.17) is 45.5 Å². The summed E-state index contributed by atoms with van der Waals surface area (Å²) in [4.78, 5) is 15.3. The number of carbonyl (C=O) groups excluding carboxylic acids is 1. The fourth-order valence-electron chi connectivity index (χ4n) is 2.18. The first kappa shape index (κ1) is 17.9. The predicted molar refractivity (Wildman–Crippen MR) is 88.6 cm³/mol. The summed E-state index contributed by atoms with van der Waals surface area (Å²) in [7, 11) is 1.56. The number of carbonyl (C=O) groups is 1. The number of halogens is 4. The van der Waals surface area contributed by atoms with E-state index in [-0.39, 0.29) is 4.90 Å². The van der Waals surface area contributed by atoms with Gasteiger partial charge < -0.3 is 9.80 Å². The Morgan fingerprint density at radius 1 is 1.09 bits per heavy atom. The third kappa shape index (κ3) is 4.32. The summed E-state index contributed by atoms with van der Waals surface area (Å²) in [6.07, 6.45) is 0. The Kier molecular flexibility index (Phi) is 5.39. The summed E-state index contributed by atoms with van der Waals surface area (Å²) in [6.45, 7) is 1.76. The van der Waals surface area contributed by atoms with Crippen molar-refractivity contribution < 1.29 is 13.2 Å². The Hall–Kier alpha value is -0.400. The summed E-state index contributed by atoms with van der Waals surface area (Å²) >= 11 is 16.8. The zero-order chi connectivity index (χ0) is 16.5. The molecule has 2 rings (SSSR count). The number of benzene rings is 1. The second-order valence-electron chi connectivity index (χ2n) is 4.71. The second-order valence-corrected chi connectivity index (χ2v) is 9.56. The molecule has 0 unspecified atom stereocenters. The molecule has 1 aromatic rings. The topological polar surface area (TPSA) is 57.7 Å². The van der Waals surface area contributed by atoms with Gasteiger partial charge in [0.05, 0.1) is 4.90 Å². The molecule has 22 heavy (non-hydrogen) atoms. The maximum atomic E-state index is 11.9. The molecule has 10 heteroatoms. The van der Waals surface area contributed by atoms with Crippen LogP contribution < -0.4 is 4.90 Å². The van der Waals surface area contributed by atoms with Crippen LogP contribution in [0.3, 0.4) is 0 Å². The Morgan fingerprint density at radius 3 is 2.18 bits per heavy atom. The van der Waals surface area contributed by atoms with Crippen molar-refractivity contribution in [2.75, 3.05) is 31.1 Å². The van der Waals surface area contributed by atoms with Crippen LogP contribution >= 0.6 is 45.5 Å². The zero-order valence-electron chi connectivity index (χ0n) is 11.2. The van der Waals surface area contributed by atoms with Gasteiger partial charge in [0.2, 0.25) is 0 Å². The van der Waals surface area contributed by atoms with Gasteiger partial charge in [0.15, 0.2) is 0 Å². The monoisotopic (exact) mass is 404 g/mol. The van der Waals surface area contributed by atoms with E-state index in [1.54, 1.807) is 12.1 Å². The normalized spacial score (nSPS) is 16.7. The fraction of sp³-hybridized carbons (Fsp3) is 0.417. The van der Waals surface area contributed by atoms with E-state index in [1.165, 1.54) is 17.0 Å². The van der Waals surface area contributed by atoms with Crippen molar-refractivity contribution in [2.45, 2.75) is 8.69 Å². The molecule has 1 aromatic carbocycles. The molecule has 1 fully saturated rings. The van der Waals surface area contributed by atoms with Gasteiger partial charge in [0.1, 0.15) is 0 Å². The van der Waals surface area contributed by atoms with Crippen molar-refractivity contribution in [3.8, 4) is 0 Å². The van der Waals surface area contributed by atoms with Gasteiger partial charge in [-0.3, -0.25) is 4.79 Å². The maximum Gasteiger partial charge on any atom is 0.274 e. The van der Waals surface area contributed by atoms with Crippen LogP contribution in [0.2, 0.25) is 0 Å². The molecule has 0 saturated carbocycles. The Balaban J connectivity index is 2.08. The van der Waals surface area contributed by atoms with Gasteiger partial charge in [-0.15, -0.1) is 0 Å². The minimum absolute atomic E-state index is 0.0338. The molecule has 1 aliphatic heterocycles. The lowest BCUT2D eigenvalue weighted by Gasteiger charge is -2.37. The van der Waals surface area contributed by atoms with Crippen LogP contribution in [-0.4, -0.2) is 49.2 Å². The van der Waals surface area contributed by atoms with Crippen molar-refractivity contribution in [1.29, 1.82) is 0 Å². The van der Waals surface area contributed by atoms with E-state index in [9.17, 15) is 13.2 Å². The molecule has 0 aliphatic carbocycles. The molecule has 0 aromatic heterocycles. The molecule has 1 saturated heterocycles. The number of anilines is 1. The summed E-state index contributed by atoms with van der Waals surface area (Å²) in [6, 6.07) is 6.31. The minimum Gasteiger partial charge on any atom is -0.368 e. The number of nitrogens with zero attached hydrogens (tertiary/aromatic N) is 2. The van der Waals surface area contributed by atoms with E-state index in [1.807, 2.05) is 4.90 Å². The summed E-state index contributed by atoms with van der Waals surface area (Å²) in [5.41, 5.74) is 0.711. The van der Waals surface area contributed by atoms with Crippen molar-refractivity contribution >= 4 is 66.1 Å². The van der Waals surface area contributed by atoms with Gasteiger partial charge in [0, 0.05) is 42.5 Å². The molecule has 1 heterocycles. The zero-order valence-corrected chi connectivity index (χ0v) is 15.0. The van der Waals surface area contributed by atoms with Crippen molar-refractivity contribution in [3.63, 3.8) is 0 Å². The molecular formula is C12H12Cl4N2O3S. The summed E-state index contributed by atoms with van der Waals surface area (Å²) in [5, 5.41) is 0. The molecule has 1 aliphatic rings. The largest absolute Gasteiger partial charge is 0.368 e. The predicted octanol–water partition coefficient (Wildman–Crippen LogP) is 2.63. The van der Waals surface area contributed by atoms with E-state index in [2.05, 4.69) is 0 Å². The Morgan fingerprint density at radius 2 is 1.68 bits per heavy atom. The minimum atomic E-state index is -3.78. The average molecular weight is 406 g/mol. The van der Waals surface area contributed by atoms with Crippen LogP contribution in [0.25, 0.3) is 0 Å². The number of hydrogen-bond donors (Lipinski definition) is 0. The molecule has 1 amide bonds. The van der Waals surface area contributed by atoms with E-state index in [0.29, 0.717) is 31.9 Å². The molecule has 0 radical (unpaired) electrons. The Bertz CT molecular complexity index is 667. The molecule has 5 nitrogen and oxygen atoms in total. The standard InChI is InChI=1S/C12H12Cl4N2O3S/c13-12(14,15)11(19)18-6-4-17(5-7-18)9-2-1-3-10(8-9)22(16,20)21/h1-3,8H,4-7H2. The van der Waals surface area contributed by atoms with Crippen molar-refractivity contribution in [3.05, 3.63) is 24.3 Å². The van der Waals surface area contributed by atoms with Gasteiger partial charge >= 0.3 is 0 Å². The van der Waals surface area contributed by atoms with Crippen LogP contribution in [0.1, 0.15) is 0 Å². The third-order valence-corrected chi connectivity index (χ3v) is 5.11. The van der Waals surface area contributed by atoms with Gasteiger partial charge in [-0.05, 0) is 18.2 Å². The summed E-state index contributed by atoms with van der Waals surface area (Å²) in [5.74, 6) is -0.561. The third-order valence-electron chi connectivity index (χ3n) is 3.27. The quantitative estimate of drug-likeness (QED) is 0.560. The molecule has 122 valence electrons. The first-order valence-corrected chi connectivity index (χ1v) is 9.69. The van der Waals surface area contributed by atoms with Gasteiger partial charge in [-0.2, -0.15) is 0 Å². The molecular weight excluding hydrogens is 394 g/mol. The number of amides is 1. The van der Waals surface area contributed by atoms with E-state index >= 15 is 0 Å². The molecule has 0 N–H and O–H groups in total. The Labute approximate surface area is 148 Å². The van der Waals surface area contributed by atoms with Gasteiger partial charge in [-0.25, -0.2) is 8.42 Å². The number of piperazine rings is 1. The first-order valence-electron chi connectivity index (χ1n) is 6.25. The highest BCUT2D eigenvalue weighted by Gasteiger charge is 2.36. The lowest BCUT2D eigenvalue weighted by atomic mass is 10.2. The fourth-order valence-corrected chi connectivity index (χ4v) is 3.33. The molecule has 0 spiro atoms. The lowest BCUT2D eigenvalue weighted by molar-refractivity contribution is -0.130. The highest BCUT2D eigenvalue weighted by atomic mass is 35.7. The summed E-state index contributed by atoms with van der Waals surface area (Å²) < 4.78 is 20.8. The number of rotatable bonds is 2. The van der Waals surface area contributed by atoms with Crippen LogP contribution in [-0.2, 0) is 13.8 Å². The number of alkyl halides is 3. The van der Waals surface area contributed by atoms with Crippen molar-refractivity contribution in [1.82, 2.24) is 4.90 Å². The highest BCUT2D eigenvalue weighted by molar-refractivity contribution is 8.13. The SMILES string of the molecule is O=C(N1CCN(c2cccc(S(=O)(=O)Cl)c2)CC1)C(Cl)(Cl)Cl. The highest BCUT2D eigenvalue weighted by Crippen LogP contribution is 2.29. The van der Waals surface area contributed by atoms with Crippen molar-refractivity contribution in [2.24, 2.45) is 0 Å².